The normalized spacial score (nSPS) is 17.2. The van der Waals surface area contributed by atoms with Crippen LogP contribution in [0.1, 0.15) is 96.8 Å². The van der Waals surface area contributed by atoms with Crippen molar-refractivity contribution in [2.75, 3.05) is 6.61 Å². The Morgan fingerprint density at radius 1 is 0.970 bits per heavy atom. The number of phosphoric acid groups is 1. The number of ether oxygens (including phenoxy) is 2. The van der Waals surface area contributed by atoms with Gasteiger partial charge in [0.25, 0.3) is 5.76 Å². The van der Waals surface area contributed by atoms with Crippen molar-refractivity contribution in [1.82, 2.24) is 0 Å². The zero-order valence-corrected chi connectivity index (χ0v) is 20.3. The summed E-state index contributed by atoms with van der Waals surface area (Å²) in [5.74, 6) is -3.91. The van der Waals surface area contributed by atoms with Gasteiger partial charge in [-0.1, -0.05) is 84.0 Å². The zero-order chi connectivity index (χ0) is 24.7. The Kier molecular flexibility index (Phi) is 14.3. The minimum Gasteiger partial charge on any atom is -0.505 e. The van der Waals surface area contributed by atoms with Gasteiger partial charge in [-0.25, -0.2) is 9.36 Å². The lowest BCUT2D eigenvalue weighted by Crippen LogP contribution is -2.33. The van der Waals surface area contributed by atoms with E-state index in [4.69, 9.17) is 14.5 Å². The number of cyclic esters (lactones) is 1. The van der Waals surface area contributed by atoms with Gasteiger partial charge in [-0.3, -0.25) is 14.6 Å². The first-order valence-corrected chi connectivity index (χ1v) is 13.4. The van der Waals surface area contributed by atoms with Crippen LogP contribution in [0.15, 0.2) is 11.5 Å². The molecular weight excluding hydrogens is 455 g/mol. The first-order chi connectivity index (χ1) is 15.7. The monoisotopic (exact) mass is 494 g/mol. The molecule has 1 unspecified atom stereocenters. The van der Waals surface area contributed by atoms with Gasteiger partial charge in [0.05, 0.1) is 0 Å². The maximum absolute atomic E-state index is 11.8. The van der Waals surface area contributed by atoms with Gasteiger partial charge in [0.1, 0.15) is 12.7 Å². The largest absolute Gasteiger partial charge is 0.525 e. The van der Waals surface area contributed by atoms with E-state index in [0.717, 1.165) is 19.3 Å². The highest BCUT2D eigenvalue weighted by Crippen LogP contribution is 2.42. The Morgan fingerprint density at radius 2 is 1.45 bits per heavy atom. The van der Waals surface area contributed by atoms with Gasteiger partial charge < -0.3 is 24.2 Å². The van der Waals surface area contributed by atoms with Crippen LogP contribution in [-0.2, 0) is 28.2 Å². The number of aliphatic hydroxyl groups is 2. The molecule has 0 saturated heterocycles. The number of rotatable bonds is 19. The van der Waals surface area contributed by atoms with E-state index in [-0.39, 0.29) is 6.42 Å². The quantitative estimate of drug-likeness (QED) is 0.116. The molecule has 0 amide bonds. The molecule has 2 atom stereocenters. The molecule has 1 aliphatic rings. The molecule has 192 valence electrons. The van der Waals surface area contributed by atoms with Crippen LogP contribution in [0.2, 0.25) is 0 Å². The van der Waals surface area contributed by atoms with Crippen LogP contribution in [0.25, 0.3) is 0 Å². The molecule has 0 spiro atoms. The second kappa shape index (κ2) is 16.1. The summed E-state index contributed by atoms with van der Waals surface area (Å²) >= 11 is 0. The molecule has 11 heteroatoms. The summed E-state index contributed by atoms with van der Waals surface area (Å²) in [6.45, 7) is 1.67. The lowest BCUT2D eigenvalue weighted by Gasteiger charge is -2.17. The lowest BCUT2D eigenvalue weighted by molar-refractivity contribution is -0.154. The van der Waals surface area contributed by atoms with E-state index >= 15 is 0 Å². The fourth-order valence-corrected chi connectivity index (χ4v) is 3.95. The first-order valence-electron chi connectivity index (χ1n) is 11.9. The molecule has 1 rings (SSSR count). The predicted octanol–water partition coefficient (Wildman–Crippen LogP) is 4.18. The highest BCUT2D eigenvalue weighted by molar-refractivity contribution is 7.46. The molecule has 0 aromatic rings. The van der Waals surface area contributed by atoms with Crippen LogP contribution in [0.3, 0.4) is 0 Å². The molecular formula is C22H39O10P. The molecule has 0 saturated carbocycles. The van der Waals surface area contributed by atoms with Crippen molar-refractivity contribution >= 4 is 19.8 Å². The van der Waals surface area contributed by atoms with E-state index in [0.29, 0.717) is 6.42 Å². The Balaban J connectivity index is 2.09. The topological polar surface area (TPSA) is 160 Å². The smallest absolute Gasteiger partial charge is 0.505 e. The van der Waals surface area contributed by atoms with Gasteiger partial charge in [0.15, 0.2) is 11.9 Å². The highest BCUT2D eigenvalue weighted by atomic mass is 31.2. The van der Waals surface area contributed by atoms with Crippen molar-refractivity contribution in [2.45, 2.75) is 109 Å². The van der Waals surface area contributed by atoms with Crippen molar-refractivity contribution in [3.63, 3.8) is 0 Å². The molecule has 0 aromatic carbocycles. The minimum atomic E-state index is -5.10. The predicted molar refractivity (Wildman–Crippen MR) is 120 cm³/mol. The van der Waals surface area contributed by atoms with Crippen molar-refractivity contribution in [1.29, 1.82) is 0 Å². The summed E-state index contributed by atoms with van der Waals surface area (Å²) in [6.07, 6.45) is 12.4. The van der Waals surface area contributed by atoms with Gasteiger partial charge >= 0.3 is 19.8 Å². The van der Waals surface area contributed by atoms with E-state index in [2.05, 4.69) is 16.2 Å². The van der Waals surface area contributed by atoms with Gasteiger partial charge in [0, 0.05) is 6.42 Å². The third-order valence-corrected chi connectivity index (χ3v) is 5.80. The number of aliphatic hydroxyl groups excluding tert-OH is 2. The Hall–Kier alpha value is -1.61. The van der Waals surface area contributed by atoms with E-state index in [1.54, 1.807) is 0 Å². The van der Waals surface area contributed by atoms with Crippen LogP contribution >= 0.6 is 7.82 Å². The first kappa shape index (κ1) is 29.4. The second-order valence-corrected chi connectivity index (χ2v) is 9.53. The zero-order valence-electron chi connectivity index (χ0n) is 19.4. The number of carbonyl (C=O) groups is 2. The second-order valence-electron chi connectivity index (χ2n) is 8.37. The fraction of sp³-hybridized carbons (Fsp3) is 0.818. The molecule has 33 heavy (non-hydrogen) atoms. The van der Waals surface area contributed by atoms with E-state index in [1.165, 1.54) is 57.8 Å². The van der Waals surface area contributed by atoms with Crippen LogP contribution in [0.5, 0.6) is 0 Å². The molecule has 0 radical (unpaired) electrons. The molecule has 4 N–H and O–H groups in total. The average molecular weight is 495 g/mol. The van der Waals surface area contributed by atoms with Gasteiger partial charge in [0.2, 0.25) is 0 Å². The highest BCUT2D eigenvalue weighted by Gasteiger charge is 2.43. The number of carbonyl (C=O) groups excluding carboxylic acids is 2. The van der Waals surface area contributed by atoms with E-state index in [9.17, 15) is 24.4 Å². The van der Waals surface area contributed by atoms with E-state index < -0.39 is 50.1 Å². The Labute approximate surface area is 195 Å². The third-order valence-electron chi connectivity index (χ3n) is 5.38. The van der Waals surface area contributed by atoms with Crippen LogP contribution < -0.4 is 0 Å². The van der Waals surface area contributed by atoms with Crippen molar-refractivity contribution in [3.8, 4) is 0 Å². The Morgan fingerprint density at radius 3 is 1.94 bits per heavy atom. The molecule has 1 heterocycles. The van der Waals surface area contributed by atoms with Crippen molar-refractivity contribution in [3.05, 3.63) is 11.5 Å². The summed E-state index contributed by atoms with van der Waals surface area (Å²) < 4.78 is 24.5. The fourth-order valence-electron chi connectivity index (χ4n) is 3.55. The summed E-state index contributed by atoms with van der Waals surface area (Å²) in [4.78, 5) is 40.8. The van der Waals surface area contributed by atoms with Crippen LogP contribution in [0, 0.1) is 0 Å². The van der Waals surface area contributed by atoms with Gasteiger partial charge in [-0.2, -0.15) is 0 Å². The summed E-state index contributed by atoms with van der Waals surface area (Å²) in [5, 5.41) is 19.8. The summed E-state index contributed by atoms with van der Waals surface area (Å²) in [6, 6.07) is 0. The molecule has 0 aromatic heterocycles. The lowest BCUT2D eigenvalue weighted by atomic mass is 10.0. The molecule has 10 nitrogen and oxygen atoms in total. The number of hydrogen-bond acceptors (Lipinski definition) is 8. The standard InChI is InChI=1S/C22H39O10P/c1-2-3-4-5-6-7-8-9-10-11-12-13-14-15-18(24)30-16-17(23)20-19(25)21(22(26)31-20)32-33(27,28)29/h17,20,23,25H,2-16H2,1H3,(H2,27,28,29)/t17-,20?/m0/s1. The SMILES string of the molecule is CCCCCCCCCCCCCCCC(=O)OC[C@H](O)C1OC(=O)C(OP(=O)(O)O)=C1O. The van der Waals surface area contributed by atoms with Crippen molar-refractivity contribution in [2.24, 2.45) is 0 Å². The molecule has 0 bridgehead atoms. The number of esters is 2. The Bertz CT molecular complexity index is 672. The number of hydrogen-bond donors (Lipinski definition) is 4. The van der Waals surface area contributed by atoms with Crippen molar-refractivity contribution < 1.29 is 48.2 Å². The minimum absolute atomic E-state index is 0.184. The summed E-state index contributed by atoms with van der Waals surface area (Å²) in [5.41, 5.74) is 0. The van der Waals surface area contributed by atoms with Gasteiger partial charge in [-0.15, -0.1) is 0 Å². The van der Waals surface area contributed by atoms with Crippen LogP contribution in [0.4, 0.5) is 0 Å². The van der Waals surface area contributed by atoms with E-state index in [1.807, 2.05) is 0 Å². The maximum atomic E-state index is 11.8. The number of unbranched alkanes of at least 4 members (excludes halogenated alkanes) is 12. The molecule has 0 fully saturated rings. The molecule has 0 aliphatic carbocycles. The third kappa shape index (κ3) is 13.0. The maximum Gasteiger partial charge on any atom is 0.525 e. The van der Waals surface area contributed by atoms with Gasteiger partial charge in [-0.05, 0) is 6.42 Å². The van der Waals surface area contributed by atoms with Crippen LogP contribution in [-0.4, -0.2) is 50.8 Å². The molecule has 1 aliphatic heterocycles. The number of phosphoric ester groups is 1. The summed E-state index contributed by atoms with van der Waals surface area (Å²) in [7, 11) is -5.10. The average Bonchev–Trinajstić information content (AvgIpc) is 3.02.